The van der Waals surface area contributed by atoms with Gasteiger partial charge in [0.1, 0.15) is 0 Å². The minimum absolute atomic E-state index is 0.167. The van der Waals surface area contributed by atoms with E-state index in [-0.39, 0.29) is 11.8 Å². The van der Waals surface area contributed by atoms with Gasteiger partial charge in [0.25, 0.3) is 0 Å². The van der Waals surface area contributed by atoms with Gasteiger partial charge in [-0.25, -0.2) is 0 Å². The predicted molar refractivity (Wildman–Crippen MR) is 68.3 cm³/mol. The fourth-order valence-electron chi connectivity index (χ4n) is 2.41. The van der Waals surface area contributed by atoms with Crippen LogP contribution in [0.4, 0.5) is 5.69 Å². The number of para-hydroxylation sites is 1. The molecule has 1 N–H and O–H groups in total. The number of hydrogen-bond donors (Lipinski definition) is 1. The Bertz CT molecular complexity index is 414. The van der Waals surface area contributed by atoms with Crippen molar-refractivity contribution in [3.05, 3.63) is 29.8 Å². The van der Waals surface area contributed by atoms with Gasteiger partial charge in [-0.15, -0.1) is 0 Å². The number of hydrogen-bond acceptors (Lipinski definition) is 2. The maximum atomic E-state index is 11.2. The van der Waals surface area contributed by atoms with Crippen molar-refractivity contribution in [3.8, 4) is 0 Å². The van der Waals surface area contributed by atoms with Crippen LogP contribution in [0.5, 0.6) is 0 Å². The largest absolute Gasteiger partial charge is 0.481 e. The zero-order valence-electron chi connectivity index (χ0n) is 10.4. The molecule has 0 saturated carbocycles. The van der Waals surface area contributed by atoms with Crippen molar-refractivity contribution in [2.45, 2.75) is 20.3 Å². The van der Waals surface area contributed by atoms with E-state index in [4.69, 9.17) is 0 Å². The highest BCUT2D eigenvalue weighted by atomic mass is 16.4. The topological polar surface area (TPSA) is 40.5 Å². The van der Waals surface area contributed by atoms with Crippen LogP contribution in [0.25, 0.3) is 0 Å². The minimum Gasteiger partial charge on any atom is -0.481 e. The van der Waals surface area contributed by atoms with Crippen LogP contribution in [0.15, 0.2) is 24.3 Å². The molecule has 1 aliphatic heterocycles. The first-order valence-electron chi connectivity index (χ1n) is 6.15. The maximum absolute atomic E-state index is 11.2. The summed E-state index contributed by atoms with van der Waals surface area (Å²) in [4.78, 5) is 13.4. The molecule has 0 fully saturated rings. The van der Waals surface area contributed by atoms with E-state index in [2.05, 4.69) is 17.0 Å². The summed E-state index contributed by atoms with van der Waals surface area (Å²) in [5, 5.41) is 9.23. The zero-order valence-corrected chi connectivity index (χ0v) is 10.4. The van der Waals surface area contributed by atoms with Gasteiger partial charge in [0, 0.05) is 18.8 Å². The summed E-state index contributed by atoms with van der Waals surface area (Å²) in [7, 11) is 0. The first-order valence-corrected chi connectivity index (χ1v) is 6.15. The molecule has 1 atom stereocenters. The van der Waals surface area contributed by atoms with Crippen molar-refractivity contribution in [3.63, 3.8) is 0 Å². The number of carboxylic acids is 1. The zero-order chi connectivity index (χ0) is 12.4. The lowest BCUT2D eigenvalue weighted by Gasteiger charge is -2.25. The highest BCUT2D eigenvalue weighted by Crippen LogP contribution is 2.29. The van der Waals surface area contributed by atoms with Gasteiger partial charge < -0.3 is 10.0 Å². The number of rotatable bonds is 4. The molecule has 2 rings (SSSR count). The molecular weight excluding hydrogens is 214 g/mol. The Labute approximate surface area is 102 Å². The summed E-state index contributed by atoms with van der Waals surface area (Å²) in [6.45, 7) is 5.50. The highest BCUT2D eigenvalue weighted by molar-refractivity contribution is 5.72. The van der Waals surface area contributed by atoms with Crippen LogP contribution in [0.2, 0.25) is 0 Å². The number of carbonyl (C=O) groups is 1. The maximum Gasteiger partial charge on any atom is 0.308 e. The van der Waals surface area contributed by atoms with Crippen molar-refractivity contribution in [2.24, 2.45) is 11.8 Å². The molecule has 0 saturated heterocycles. The Balaban J connectivity index is 2.13. The van der Waals surface area contributed by atoms with Gasteiger partial charge in [0.2, 0.25) is 0 Å². The lowest BCUT2D eigenvalue weighted by atomic mass is 9.95. The van der Waals surface area contributed by atoms with Gasteiger partial charge in [-0.3, -0.25) is 4.79 Å². The third kappa shape index (κ3) is 2.43. The third-order valence-corrected chi connectivity index (χ3v) is 3.52. The summed E-state index contributed by atoms with van der Waals surface area (Å²) in [5.41, 5.74) is 2.54. The van der Waals surface area contributed by atoms with Gasteiger partial charge in [0.15, 0.2) is 0 Å². The van der Waals surface area contributed by atoms with E-state index < -0.39 is 5.97 Å². The first kappa shape index (κ1) is 12.0. The number of carboxylic acid groups (broad SMARTS) is 1. The molecule has 0 aliphatic carbocycles. The highest BCUT2D eigenvalue weighted by Gasteiger charge is 2.27. The van der Waals surface area contributed by atoms with E-state index in [1.165, 1.54) is 11.3 Å². The standard InChI is InChI=1S/C14H19NO2/c1-10(2)12(14(16)17)9-15-8-7-11-5-3-4-6-13(11)15/h3-6,10,12H,7-9H2,1-2H3,(H,16,17). The molecule has 1 unspecified atom stereocenters. The molecule has 0 radical (unpaired) electrons. The van der Waals surface area contributed by atoms with Gasteiger partial charge in [-0.2, -0.15) is 0 Å². The molecule has 3 nitrogen and oxygen atoms in total. The minimum atomic E-state index is -0.690. The SMILES string of the molecule is CC(C)C(CN1CCc2ccccc21)C(=O)O. The number of anilines is 1. The summed E-state index contributed by atoms with van der Waals surface area (Å²) in [6.07, 6.45) is 1.03. The smallest absolute Gasteiger partial charge is 0.308 e. The molecule has 0 spiro atoms. The van der Waals surface area contributed by atoms with E-state index in [9.17, 15) is 9.90 Å². The van der Waals surface area contributed by atoms with Crippen molar-refractivity contribution in [1.29, 1.82) is 0 Å². The normalized spacial score (nSPS) is 16.1. The second-order valence-electron chi connectivity index (χ2n) is 5.01. The van der Waals surface area contributed by atoms with E-state index in [1.807, 2.05) is 26.0 Å². The second kappa shape index (κ2) is 4.78. The summed E-state index contributed by atoms with van der Waals surface area (Å²) in [6, 6.07) is 8.27. The molecule has 3 heteroatoms. The number of aliphatic carboxylic acids is 1. The lowest BCUT2D eigenvalue weighted by molar-refractivity contribution is -0.142. The first-order chi connectivity index (χ1) is 8.09. The van der Waals surface area contributed by atoms with Crippen molar-refractivity contribution >= 4 is 11.7 Å². The fourth-order valence-corrected chi connectivity index (χ4v) is 2.41. The molecule has 1 aromatic rings. The van der Waals surface area contributed by atoms with Crippen molar-refractivity contribution < 1.29 is 9.90 Å². The number of fused-ring (bicyclic) bond motifs is 1. The molecular formula is C14H19NO2. The van der Waals surface area contributed by atoms with E-state index in [0.717, 1.165) is 13.0 Å². The van der Waals surface area contributed by atoms with Crippen LogP contribution < -0.4 is 4.90 Å². The Morgan fingerprint density at radius 3 is 2.76 bits per heavy atom. The molecule has 0 amide bonds. The van der Waals surface area contributed by atoms with Crippen LogP contribution in [0.1, 0.15) is 19.4 Å². The van der Waals surface area contributed by atoms with E-state index >= 15 is 0 Å². The number of benzene rings is 1. The van der Waals surface area contributed by atoms with Crippen molar-refractivity contribution in [1.82, 2.24) is 0 Å². The Kier molecular flexibility index (Phi) is 3.36. The Morgan fingerprint density at radius 1 is 1.41 bits per heavy atom. The van der Waals surface area contributed by atoms with Gasteiger partial charge >= 0.3 is 5.97 Å². The summed E-state index contributed by atoms with van der Waals surface area (Å²) < 4.78 is 0. The lowest BCUT2D eigenvalue weighted by Crippen LogP contribution is -2.34. The molecule has 92 valence electrons. The van der Waals surface area contributed by atoms with Crippen LogP contribution in [0.3, 0.4) is 0 Å². The number of nitrogens with zero attached hydrogens (tertiary/aromatic N) is 1. The molecule has 1 aromatic carbocycles. The van der Waals surface area contributed by atoms with Crippen molar-refractivity contribution in [2.75, 3.05) is 18.0 Å². The molecule has 0 bridgehead atoms. The summed E-state index contributed by atoms with van der Waals surface area (Å²) >= 11 is 0. The summed E-state index contributed by atoms with van der Waals surface area (Å²) in [5.74, 6) is -0.814. The Morgan fingerprint density at radius 2 is 2.12 bits per heavy atom. The van der Waals surface area contributed by atoms with Gasteiger partial charge in [0.05, 0.1) is 5.92 Å². The molecule has 17 heavy (non-hydrogen) atoms. The van der Waals surface area contributed by atoms with Crippen LogP contribution in [-0.2, 0) is 11.2 Å². The van der Waals surface area contributed by atoms with Gasteiger partial charge in [-0.1, -0.05) is 32.0 Å². The van der Waals surface area contributed by atoms with Crippen LogP contribution in [-0.4, -0.2) is 24.2 Å². The molecule has 1 heterocycles. The van der Waals surface area contributed by atoms with E-state index in [0.29, 0.717) is 6.54 Å². The van der Waals surface area contributed by atoms with Crippen LogP contribution >= 0.6 is 0 Å². The fraction of sp³-hybridized carbons (Fsp3) is 0.500. The molecule has 1 aliphatic rings. The monoisotopic (exact) mass is 233 g/mol. The van der Waals surface area contributed by atoms with Crippen LogP contribution in [0, 0.1) is 11.8 Å². The second-order valence-corrected chi connectivity index (χ2v) is 5.01. The average molecular weight is 233 g/mol. The van der Waals surface area contributed by atoms with Gasteiger partial charge in [-0.05, 0) is 24.0 Å². The quantitative estimate of drug-likeness (QED) is 0.868. The Hall–Kier alpha value is -1.51. The predicted octanol–water partition coefficient (Wildman–Crippen LogP) is 2.41. The third-order valence-electron chi connectivity index (χ3n) is 3.52. The van der Waals surface area contributed by atoms with E-state index in [1.54, 1.807) is 0 Å². The molecule has 0 aromatic heterocycles. The average Bonchev–Trinajstić information content (AvgIpc) is 2.68.